The van der Waals surface area contributed by atoms with E-state index in [-0.39, 0.29) is 17.5 Å². The number of rotatable bonds is 6. The van der Waals surface area contributed by atoms with Crippen LogP contribution in [-0.2, 0) is 4.79 Å². The van der Waals surface area contributed by atoms with Gasteiger partial charge in [0.2, 0.25) is 0 Å². The lowest BCUT2D eigenvalue weighted by Crippen LogP contribution is -2.51. The van der Waals surface area contributed by atoms with Gasteiger partial charge in [-0.05, 0) is 18.8 Å². The molecule has 112 valence electrons. The van der Waals surface area contributed by atoms with E-state index in [4.69, 9.17) is 5.11 Å². The first kappa shape index (κ1) is 17.7. The van der Waals surface area contributed by atoms with Gasteiger partial charge in [-0.3, -0.25) is 0 Å². The quantitative estimate of drug-likeness (QED) is 0.781. The zero-order chi connectivity index (χ0) is 15.2. The Kier molecular flexibility index (Phi) is 6.87. The molecule has 0 aliphatic rings. The van der Waals surface area contributed by atoms with Gasteiger partial charge < -0.3 is 15.3 Å². The third kappa shape index (κ3) is 5.94. The topological polar surface area (TPSA) is 69.6 Å². The van der Waals surface area contributed by atoms with Crippen molar-refractivity contribution in [2.24, 2.45) is 5.41 Å². The number of carbonyl (C=O) groups is 2. The minimum Gasteiger partial charge on any atom is -0.480 e. The second-order valence-electron chi connectivity index (χ2n) is 6.14. The Balaban J connectivity index is 4.59. The average molecular weight is 272 g/mol. The second kappa shape index (κ2) is 7.36. The molecule has 2 N–H and O–H groups in total. The molecule has 5 nitrogen and oxygen atoms in total. The van der Waals surface area contributed by atoms with Crippen molar-refractivity contribution in [2.75, 3.05) is 7.05 Å². The summed E-state index contributed by atoms with van der Waals surface area (Å²) in [5, 5.41) is 11.7. The van der Waals surface area contributed by atoms with E-state index < -0.39 is 12.0 Å². The van der Waals surface area contributed by atoms with E-state index in [9.17, 15) is 9.59 Å². The Bertz CT molecular complexity index is 310. The van der Waals surface area contributed by atoms with Crippen LogP contribution in [0.4, 0.5) is 4.79 Å². The molecule has 0 aromatic rings. The van der Waals surface area contributed by atoms with Crippen LogP contribution in [0.1, 0.15) is 53.9 Å². The van der Waals surface area contributed by atoms with Gasteiger partial charge in [-0.15, -0.1) is 0 Å². The lowest BCUT2D eigenvalue weighted by atomic mass is 9.87. The Morgan fingerprint density at radius 2 is 1.84 bits per heavy atom. The molecule has 0 aromatic heterocycles. The third-order valence-electron chi connectivity index (χ3n) is 3.60. The van der Waals surface area contributed by atoms with E-state index in [2.05, 4.69) is 5.32 Å². The van der Waals surface area contributed by atoms with Crippen LogP contribution in [0.25, 0.3) is 0 Å². The SMILES string of the molecule is CCCC[C@H](NC(=O)N(C)C(C)C(C)(C)C)C(=O)O. The molecule has 0 aliphatic carbocycles. The van der Waals surface area contributed by atoms with E-state index in [1.807, 2.05) is 34.6 Å². The zero-order valence-corrected chi connectivity index (χ0v) is 13.0. The summed E-state index contributed by atoms with van der Waals surface area (Å²) < 4.78 is 0. The van der Waals surface area contributed by atoms with Crippen LogP contribution in [0.2, 0.25) is 0 Å². The monoisotopic (exact) mass is 272 g/mol. The van der Waals surface area contributed by atoms with Crippen LogP contribution in [-0.4, -0.2) is 41.1 Å². The summed E-state index contributed by atoms with van der Waals surface area (Å²) in [4.78, 5) is 24.7. The lowest BCUT2D eigenvalue weighted by molar-refractivity contribution is -0.139. The molecule has 5 heteroatoms. The number of nitrogens with zero attached hydrogens (tertiary/aromatic N) is 1. The highest BCUT2D eigenvalue weighted by molar-refractivity contribution is 5.82. The van der Waals surface area contributed by atoms with Crippen LogP contribution in [0, 0.1) is 5.41 Å². The van der Waals surface area contributed by atoms with Crippen LogP contribution in [0.3, 0.4) is 0 Å². The summed E-state index contributed by atoms with van der Waals surface area (Å²) in [5.41, 5.74) is -0.0474. The highest BCUT2D eigenvalue weighted by Crippen LogP contribution is 2.23. The first-order chi connectivity index (χ1) is 8.61. The van der Waals surface area contributed by atoms with Gasteiger partial charge in [0.1, 0.15) is 6.04 Å². The largest absolute Gasteiger partial charge is 0.480 e. The molecule has 19 heavy (non-hydrogen) atoms. The molecule has 0 radical (unpaired) electrons. The van der Waals surface area contributed by atoms with Crippen molar-refractivity contribution in [2.45, 2.75) is 66.0 Å². The van der Waals surface area contributed by atoms with E-state index in [0.717, 1.165) is 12.8 Å². The summed E-state index contributed by atoms with van der Waals surface area (Å²) in [7, 11) is 1.70. The number of aliphatic carboxylic acids is 1. The summed E-state index contributed by atoms with van der Waals surface area (Å²) in [6.07, 6.45) is 2.17. The number of urea groups is 1. The molecule has 1 unspecified atom stereocenters. The number of carbonyl (C=O) groups excluding carboxylic acids is 1. The molecule has 0 aromatic carbocycles. The molecule has 0 rings (SSSR count). The molecule has 0 saturated heterocycles. The van der Waals surface area contributed by atoms with Gasteiger partial charge in [0.15, 0.2) is 0 Å². The van der Waals surface area contributed by atoms with E-state index in [1.165, 1.54) is 0 Å². The highest BCUT2D eigenvalue weighted by atomic mass is 16.4. The maximum Gasteiger partial charge on any atom is 0.326 e. The Morgan fingerprint density at radius 3 is 2.21 bits per heavy atom. The van der Waals surface area contributed by atoms with Crippen molar-refractivity contribution in [3.8, 4) is 0 Å². The molecular formula is C14H28N2O3. The van der Waals surface area contributed by atoms with E-state index in [1.54, 1.807) is 11.9 Å². The first-order valence-electron chi connectivity index (χ1n) is 6.87. The van der Waals surface area contributed by atoms with Gasteiger partial charge in [-0.1, -0.05) is 40.5 Å². The van der Waals surface area contributed by atoms with Crippen molar-refractivity contribution in [3.63, 3.8) is 0 Å². The fourth-order valence-electron chi connectivity index (χ4n) is 1.67. The normalized spacial score (nSPS) is 14.6. The van der Waals surface area contributed by atoms with Crippen molar-refractivity contribution >= 4 is 12.0 Å². The van der Waals surface area contributed by atoms with Crippen LogP contribution in [0.5, 0.6) is 0 Å². The smallest absolute Gasteiger partial charge is 0.326 e. The molecule has 2 amide bonds. The predicted octanol–water partition coefficient (Wildman–Crippen LogP) is 2.71. The molecule has 0 fully saturated rings. The molecule has 0 spiro atoms. The predicted molar refractivity (Wildman–Crippen MR) is 76.2 cm³/mol. The highest BCUT2D eigenvalue weighted by Gasteiger charge is 2.29. The minimum atomic E-state index is -0.974. The summed E-state index contributed by atoms with van der Waals surface area (Å²) in [6, 6.07) is -1.11. The molecular weight excluding hydrogens is 244 g/mol. The second-order valence-corrected chi connectivity index (χ2v) is 6.14. The number of amides is 2. The average Bonchev–Trinajstić information content (AvgIpc) is 2.30. The summed E-state index contributed by atoms with van der Waals surface area (Å²) in [5.74, 6) is -0.974. The first-order valence-corrected chi connectivity index (χ1v) is 6.87. The minimum absolute atomic E-state index is 0.0214. The number of hydrogen-bond acceptors (Lipinski definition) is 2. The molecule has 0 heterocycles. The van der Waals surface area contributed by atoms with E-state index in [0.29, 0.717) is 6.42 Å². The van der Waals surface area contributed by atoms with Crippen LogP contribution >= 0.6 is 0 Å². The van der Waals surface area contributed by atoms with Gasteiger partial charge in [-0.25, -0.2) is 9.59 Å². The number of carboxylic acid groups (broad SMARTS) is 1. The van der Waals surface area contributed by atoms with Crippen molar-refractivity contribution < 1.29 is 14.7 Å². The fraction of sp³-hybridized carbons (Fsp3) is 0.857. The van der Waals surface area contributed by atoms with Gasteiger partial charge in [-0.2, -0.15) is 0 Å². The van der Waals surface area contributed by atoms with Gasteiger partial charge in [0, 0.05) is 13.1 Å². The maximum atomic E-state index is 12.1. The summed E-state index contributed by atoms with van der Waals surface area (Å²) in [6.45, 7) is 10.1. The third-order valence-corrected chi connectivity index (χ3v) is 3.60. The molecule has 0 saturated carbocycles. The van der Waals surface area contributed by atoms with Gasteiger partial charge in [0.05, 0.1) is 0 Å². The van der Waals surface area contributed by atoms with Crippen LogP contribution in [0.15, 0.2) is 0 Å². The Labute approximate surface area is 116 Å². The lowest BCUT2D eigenvalue weighted by Gasteiger charge is -2.35. The Morgan fingerprint density at radius 1 is 1.32 bits per heavy atom. The standard InChI is InChI=1S/C14H28N2O3/c1-7-8-9-11(12(17)18)15-13(19)16(6)10(2)14(3,4)5/h10-11H,7-9H2,1-6H3,(H,15,19)(H,17,18)/t10?,11-/m0/s1. The number of nitrogens with one attached hydrogen (secondary N) is 1. The van der Waals surface area contributed by atoms with Gasteiger partial charge >= 0.3 is 12.0 Å². The number of unbranched alkanes of at least 4 members (excludes halogenated alkanes) is 1. The van der Waals surface area contributed by atoms with E-state index >= 15 is 0 Å². The van der Waals surface area contributed by atoms with Crippen LogP contribution < -0.4 is 5.32 Å². The van der Waals surface area contributed by atoms with Gasteiger partial charge in [0.25, 0.3) is 0 Å². The molecule has 0 aliphatic heterocycles. The number of carboxylic acids is 1. The van der Waals surface area contributed by atoms with Crippen molar-refractivity contribution in [1.29, 1.82) is 0 Å². The maximum absolute atomic E-state index is 12.1. The molecule has 0 bridgehead atoms. The van der Waals surface area contributed by atoms with Crippen molar-refractivity contribution in [1.82, 2.24) is 10.2 Å². The summed E-state index contributed by atoms with van der Waals surface area (Å²) >= 11 is 0. The zero-order valence-electron chi connectivity index (χ0n) is 13.0. The Hall–Kier alpha value is -1.26. The number of hydrogen-bond donors (Lipinski definition) is 2. The fourth-order valence-corrected chi connectivity index (χ4v) is 1.67. The van der Waals surface area contributed by atoms with Crippen molar-refractivity contribution in [3.05, 3.63) is 0 Å². The molecule has 2 atom stereocenters.